The molecule has 8 nitrogen and oxygen atoms in total. The topological polar surface area (TPSA) is 114 Å². The lowest BCUT2D eigenvalue weighted by Crippen LogP contribution is -2.42. The van der Waals surface area contributed by atoms with Gasteiger partial charge in [-0.3, -0.25) is 19.1 Å². The lowest BCUT2D eigenvalue weighted by molar-refractivity contribution is -0.114. The molecule has 0 aromatic carbocycles. The minimum absolute atomic E-state index is 0.00180. The van der Waals surface area contributed by atoms with E-state index in [2.05, 4.69) is 9.97 Å². The van der Waals surface area contributed by atoms with Crippen molar-refractivity contribution in [2.45, 2.75) is 41.2 Å². The van der Waals surface area contributed by atoms with Crippen LogP contribution in [0.5, 0.6) is 0 Å². The van der Waals surface area contributed by atoms with E-state index >= 15 is 0 Å². The van der Waals surface area contributed by atoms with E-state index in [1.165, 1.54) is 26.9 Å². The van der Waals surface area contributed by atoms with Crippen molar-refractivity contribution < 1.29 is 4.79 Å². The summed E-state index contributed by atoms with van der Waals surface area (Å²) in [6, 6.07) is 0. The standard InChI is InChI=1S/C19H27N5O3S/c1-11(2)8-23(15(25)7-6-14-10-28-13(5)21-14)16-17(20)24(9-12(3)4)19(27)22-18(16)26/h6-7,10-12H,8-9,20H2,1-5H3,(H,22,26,27)/b7-6+. The van der Waals surface area contributed by atoms with E-state index in [9.17, 15) is 14.4 Å². The minimum Gasteiger partial charge on any atom is -0.383 e. The molecule has 2 heterocycles. The number of aryl methyl sites for hydroxylation is 1. The summed E-state index contributed by atoms with van der Waals surface area (Å²) in [6.07, 6.45) is 2.97. The summed E-state index contributed by atoms with van der Waals surface area (Å²) in [7, 11) is 0. The Morgan fingerprint density at radius 2 is 2.00 bits per heavy atom. The summed E-state index contributed by atoms with van der Waals surface area (Å²) in [4.78, 5) is 45.5. The van der Waals surface area contributed by atoms with E-state index in [1.807, 2.05) is 40.0 Å². The van der Waals surface area contributed by atoms with Gasteiger partial charge in [0.25, 0.3) is 11.5 Å². The van der Waals surface area contributed by atoms with Crippen LogP contribution in [0.4, 0.5) is 11.5 Å². The predicted octanol–water partition coefficient (Wildman–Crippen LogP) is 2.24. The number of nitrogens with two attached hydrogens (primary N) is 1. The quantitative estimate of drug-likeness (QED) is 0.686. The molecule has 0 atom stereocenters. The molecular formula is C19H27N5O3S. The number of amides is 1. The van der Waals surface area contributed by atoms with Crippen molar-refractivity contribution in [1.82, 2.24) is 14.5 Å². The molecule has 0 aliphatic rings. The minimum atomic E-state index is -0.672. The van der Waals surface area contributed by atoms with Crippen LogP contribution < -0.4 is 21.9 Å². The van der Waals surface area contributed by atoms with Crippen molar-refractivity contribution in [2.24, 2.45) is 11.8 Å². The van der Waals surface area contributed by atoms with Crippen molar-refractivity contribution in [3.63, 3.8) is 0 Å². The van der Waals surface area contributed by atoms with Crippen molar-refractivity contribution in [1.29, 1.82) is 0 Å². The van der Waals surface area contributed by atoms with Crippen LogP contribution in [0.15, 0.2) is 21.0 Å². The largest absolute Gasteiger partial charge is 0.383 e. The molecule has 0 saturated heterocycles. The van der Waals surface area contributed by atoms with Gasteiger partial charge in [-0.25, -0.2) is 9.78 Å². The molecule has 152 valence electrons. The molecule has 2 rings (SSSR count). The number of H-pyrrole nitrogens is 1. The first-order valence-corrected chi connectivity index (χ1v) is 10.0. The van der Waals surface area contributed by atoms with Crippen LogP contribution in [0.1, 0.15) is 38.4 Å². The highest BCUT2D eigenvalue weighted by Crippen LogP contribution is 2.20. The maximum absolute atomic E-state index is 12.9. The average Bonchev–Trinajstić information content (AvgIpc) is 3.00. The highest BCUT2D eigenvalue weighted by Gasteiger charge is 2.24. The van der Waals surface area contributed by atoms with Gasteiger partial charge in [-0.1, -0.05) is 27.7 Å². The molecule has 28 heavy (non-hydrogen) atoms. The molecule has 0 fully saturated rings. The molecule has 2 aromatic rings. The van der Waals surface area contributed by atoms with Gasteiger partial charge in [-0.05, 0) is 24.8 Å². The zero-order valence-electron chi connectivity index (χ0n) is 16.9. The van der Waals surface area contributed by atoms with Crippen molar-refractivity contribution in [3.8, 4) is 0 Å². The van der Waals surface area contributed by atoms with E-state index in [0.29, 0.717) is 12.2 Å². The summed E-state index contributed by atoms with van der Waals surface area (Å²) in [5.41, 5.74) is 5.59. The van der Waals surface area contributed by atoms with Crippen LogP contribution in [0, 0.1) is 18.8 Å². The van der Waals surface area contributed by atoms with Crippen molar-refractivity contribution in [2.75, 3.05) is 17.2 Å². The zero-order valence-corrected chi connectivity index (χ0v) is 17.7. The van der Waals surface area contributed by atoms with Gasteiger partial charge >= 0.3 is 5.69 Å². The Morgan fingerprint density at radius 3 is 2.54 bits per heavy atom. The second-order valence-corrected chi connectivity index (χ2v) is 8.53. The predicted molar refractivity (Wildman–Crippen MR) is 114 cm³/mol. The van der Waals surface area contributed by atoms with E-state index < -0.39 is 17.2 Å². The normalized spacial score (nSPS) is 11.7. The molecule has 0 saturated carbocycles. The number of aromatic amines is 1. The molecule has 0 aliphatic heterocycles. The number of nitrogen functional groups attached to an aromatic ring is 1. The molecule has 9 heteroatoms. The van der Waals surface area contributed by atoms with Gasteiger partial charge in [0.2, 0.25) is 0 Å². The molecule has 1 amide bonds. The van der Waals surface area contributed by atoms with Crippen LogP contribution >= 0.6 is 11.3 Å². The van der Waals surface area contributed by atoms with Gasteiger partial charge in [0.05, 0.1) is 10.7 Å². The number of aromatic nitrogens is 3. The van der Waals surface area contributed by atoms with E-state index in [4.69, 9.17) is 5.73 Å². The number of thiazole rings is 1. The molecule has 3 N–H and O–H groups in total. The number of hydrogen-bond acceptors (Lipinski definition) is 6. The Morgan fingerprint density at radius 1 is 1.32 bits per heavy atom. The monoisotopic (exact) mass is 405 g/mol. The van der Waals surface area contributed by atoms with Gasteiger partial charge in [-0.15, -0.1) is 11.3 Å². The molecular weight excluding hydrogens is 378 g/mol. The maximum atomic E-state index is 12.9. The summed E-state index contributed by atoms with van der Waals surface area (Å²) in [5, 5.41) is 2.74. The molecule has 0 bridgehead atoms. The summed E-state index contributed by atoms with van der Waals surface area (Å²) >= 11 is 1.49. The molecule has 0 spiro atoms. The van der Waals surface area contributed by atoms with Crippen LogP contribution in [0.2, 0.25) is 0 Å². The fourth-order valence-corrected chi connectivity index (χ4v) is 3.33. The lowest BCUT2D eigenvalue weighted by atomic mass is 10.2. The number of carbonyl (C=O) groups is 1. The van der Waals surface area contributed by atoms with Gasteiger partial charge in [-0.2, -0.15) is 0 Å². The Bertz CT molecular complexity index is 984. The third-order valence-corrected chi connectivity index (χ3v) is 4.67. The molecule has 0 aliphatic carbocycles. The van der Waals surface area contributed by atoms with Gasteiger partial charge in [0.1, 0.15) is 5.82 Å². The summed E-state index contributed by atoms with van der Waals surface area (Å²) in [5.74, 6) is -0.176. The van der Waals surface area contributed by atoms with E-state index in [-0.39, 0.29) is 29.9 Å². The number of carbonyl (C=O) groups excluding carboxylic acids is 1. The zero-order chi connectivity index (χ0) is 21.0. The van der Waals surface area contributed by atoms with Crippen LogP contribution in [0.3, 0.4) is 0 Å². The first kappa shape index (κ1) is 21.6. The van der Waals surface area contributed by atoms with Crippen LogP contribution in [0.25, 0.3) is 6.08 Å². The Labute approximate surface area is 167 Å². The van der Waals surface area contributed by atoms with Crippen molar-refractivity contribution >= 4 is 34.8 Å². The second-order valence-electron chi connectivity index (χ2n) is 7.46. The highest BCUT2D eigenvalue weighted by atomic mass is 32.1. The number of hydrogen-bond donors (Lipinski definition) is 2. The fraction of sp³-hybridized carbons (Fsp3) is 0.474. The van der Waals surface area contributed by atoms with Gasteiger partial charge < -0.3 is 10.6 Å². The third kappa shape index (κ3) is 5.19. The van der Waals surface area contributed by atoms with Crippen molar-refractivity contribution in [3.05, 3.63) is 43.0 Å². The number of anilines is 2. The number of nitrogens with one attached hydrogen (secondary N) is 1. The lowest BCUT2D eigenvalue weighted by Gasteiger charge is -2.25. The second kappa shape index (κ2) is 9.01. The molecule has 0 radical (unpaired) electrons. The van der Waals surface area contributed by atoms with E-state index in [0.717, 1.165) is 5.01 Å². The summed E-state index contributed by atoms with van der Waals surface area (Å²) in [6.45, 7) is 10.2. The van der Waals surface area contributed by atoms with Gasteiger partial charge in [0, 0.05) is 24.5 Å². The Hall–Kier alpha value is -2.68. The molecule has 0 unspecified atom stereocenters. The fourth-order valence-electron chi connectivity index (χ4n) is 2.74. The Kier molecular flexibility index (Phi) is 6.95. The summed E-state index contributed by atoms with van der Waals surface area (Å²) < 4.78 is 1.30. The Balaban J connectivity index is 2.50. The molecule has 2 aromatic heterocycles. The SMILES string of the molecule is Cc1nc(/C=C/C(=O)N(CC(C)C)c2c(N)n(CC(C)C)c(=O)[nH]c2=O)cs1. The first-order valence-electron chi connectivity index (χ1n) is 9.14. The maximum Gasteiger partial charge on any atom is 0.330 e. The number of nitrogens with zero attached hydrogens (tertiary/aromatic N) is 3. The number of rotatable bonds is 7. The van der Waals surface area contributed by atoms with E-state index in [1.54, 1.807) is 6.08 Å². The third-order valence-electron chi connectivity index (χ3n) is 3.88. The average molecular weight is 406 g/mol. The smallest absolute Gasteiger partial charge is 0.330 e. The highest BCUT2D eigenvalue weighted by molar-refractivity contribution is 7.09. The van der Waals surface area contributed by atoms with Crippen LogP contribution in [-0.2, 0) is 11.3 Å². The van der Waals surface area contributed by atoms with Gasteiger partial charge in [0.15, 0.2) is 5.69 Å². The first-order chi connectivity index (χ1) is 13.1. The van der Waals surface area contributed by atoms with Crippen LogP contribution in [-0.4, -0.2) is 27.0 Å².